The Morgan fingerprint density at radius 3 is 2.14 bits per heavy atom. The molecule has 1 aliphatic rings. The minimum atomic E-state index is -4.95. The van der Waals surface area contributed by atoms with Crippen LogP contribution in [0.25, 0.3) is 0 Å². The summed E-state index contributed by atoms with van der Waals surface area (Å²) in [5, 5.41) is 2.63. The topological polar surface area (TPSA) is 87.7 Å². The predicted octanol–water partition coefficient (Wildman–Crippen LogP) is 4.75. The third-order valence-electron chi connectivity index (χ3n) is 5.05. The minimum absolute atomic E-state index is 0.0637. The molecule has 1 N–H and O–H groups in total. The summed E-state index contributed by atoms with van der Waals surface area (Å²) in [6, 6.07) is 8.94. The van der Waals surface area contributed by atoms with E-state index in [4.69, 9.17) is 0 Å². The lowest BCUT2D eigenvalue weighted by atomic mass is 10.3. The fraction of sp³-hybridized carbons (Fsp3) is 0.238. The molecule has 0 amide bonds. The van der Waals surface area contributed by atoms with Crippen LogP contribution in [-0.4, -0.2) is 48.8 Å². The Balaban J connectivity index is 1.56. The van der Waals surface area contributed by atoms with E-state index in [9.17, 15) is 39.2 Å². The van der Waals surface area contributed by atoms with E-state index >= 15 is 0 Å². The molecule has 1 fully saturated rings. The van der Waals surface area contributed by atoms with Gasteiger partial charge in [0.05, 0.1) is 11.6 Å². The number of hydrogen-bond acceptors (Lipinski definition) is 7. The Morgan fingerprint density at radius 2 is 1.54 bits per heavy atom. The summed E-state index contributed by atoms with van der Waals surface area (Å²) in [5.41, 5.74) is -1.04. The van der Waals surface area contributed by atoms with Crippen molar-refractivity contribution in [1.82, 2.24) is 14.3 Å². The second-order valence-corrected chi connectivity index (χ2v) is 9.61. The summed E-state index contributed by atoms with van der Waals surface area (Å²) in [6.45, 7) is -0.629. The molecule has 0 spiro atoms. The number of nitrogens with one attached hydrogen (secondary N) is 1. The Labute approximate surface area is 205 Å². The summed E-state index contributed by atoms with van der Waals surface area (Å²) in [5.74, 6) is -1.84. The normalized spacial score (nSPS) is 15.2. The fourth-order valence-electron chi connectivity index (χ4n) is 3.35. The van der Waals surface area contributed by atoms with Gasteiger partial charge in [0.1, 0.15) is 17.4 Å². The number of ether oxygens (including phenoxy) is 1. The van der Waals surface area contributed by atoms with Crippen LogP contribution in [0.4, 0.5) is 48.2 Å². The molecule has 0 aliphatic carbocycles. The van der Waals surface area contributed by atoms with Crippen LogP contribution in [0.5, 0.6) is 5.75 Å². The van der Waals surface area contributed by atoms with Gasteiger partial charge >= 0.3 is 12.5 Å². The number of hydrogen-bond donors (Lipinski definition) is 1. The molecule has 0 saturated carbocycles. The zero-order valence-electron chi connectivity index (χ0n) is 18.4. The van der Waals surface area contributed by atoms with Crippen molar-refractivity contribution < 1.29 is 43.9 Å². The first-order valence-corrected chi connectivity index (χ1v) is 11.7. The zero-order valence-corrected chi connectivity index (χ0v) is 19.2. The van der Waals surface area contributed by atoms with Gasteiger partial charge in [-0.05, 0) is 48.5 Å². The van der Waals surface area contributed by atoms with E-state index in [0.717, 1.165) is 40.7 Å². The maximum atomic E-state index is 13.5. The molecule has 37 heavy (non-hydrogen) atoms. The van der Waals surface area contributed by atoms with Crippen molar-refractivity contribution in [1.29, 1.82) is 0 Å². The van der Waals surface area contributed by atoms with Crippen molar-refractivity contribution in [2.75, 3.05) is 30.0 Å². The van der Waals surface area contributed by atoms with Crippen molar-refractivity contribution in [2.24, 2.45) is 0 Å². The van der Waals surface area contributed by atoms with Crippen LogP contribution in [0.15, 0.2) is 59.5 Å². The van der Waals surface area contributed by atoms with E-state index in [0.29, 0.717) is 6.07 Å². The molecule has 1 aliphatic heterocycles. The number of nitrogens with zero attached hydrogens (tertiary/aromatic N) is 4. The number of rotatable bonds is 6. The third-order valence-corrected chi connectivity index (χ3v) is 6.89. The molecule has 198 valence electrons. The smallest absolute Gasteiger partial charge is 0.406 e. The fourth-order valence-corrected chi connectivity index (χ4v) is 4.74. The van der Waals surface area contributed by atoms with Gasteiger partial charge in [0.2, 0.25) is 16.0 Å². The van der Waals surface area contributed by atoms with Crippen molar-refractivity contribution in [2.45, 2.75) is 17.4 Å². The highest BCUT2D eigenvalue weighted by Gasteiger charge is 2.37. The van der Waals surface area contributed by atoms with Crippen LogP contribution < -0.4 is 15.0 Å². The quantitative estimate of drug-likeness (QED) is 0.443. The lowest BCUT2D eigenvalue weighted by molar-refractivity contribution is -0.274. The second kappa shape index (κ2) is 9.66. The lowest BCUT2D eigenvalue weighted by Crippen LogP contribution is -2.32. The summed E-state index contributed by atoms with van der Waals surface area (Å²) in [7, 11) is -4.22. The summed E-state index contributed by atoms with van der Waals surface area (Å²) in [4.78, 5) is 8.43. The molecule has 1 saturated heterocycles. The molecule has 2 heterocycles. The standard InChI is InChI=1S/C21H16F7N5O3S/c22-13-1-3-14(4-2-13)29-18-11-17(20(23,24)25)30-19(31-18)32-9-10-33(12-32)37(34,35)16-7-5-15(6-8-16)36-21(26,27)28/h1-8,11H,9-10,12H2,(H,29,30,31). The van der Waals surface area contributed by atoms with Crippen molar-refractivity contribution >= 4 is 27.5 Å². The van der Waals surface area contributed by atoms with Crippen LogP contribution >= 0.6 is 0 Å². The number of sulfonamides is 1. The number of alkyl halides is 6. The van der Waals surface area contributed by atoms with Crippen LogP contribution in [-0.2, 0) is 16.2 Å². The third kappa shape index (κ3) is 6.37. The summed E-state index contributed by atoms with van der Waals surface area (Å²) in [6.07, 6.45) is -9.80. The molecular weight excluding hydrogens is 535 g/mol. The molecule has 0 atom stereocenters. The van der Waals surface area contributed by atoms with Crippen LogP contribution in [0.2, 0.25) is 0 Å². The van der Waals surface area contributed by atoms with E-state index in [1.165, 1.54) is 17.0 Å². The van der Waals surface area contributed by atoms with E-state index in [2.05, 4.69) is 20.0 Å². The largest absolute Gasteiger partial charge is 0.573 e. The molecular formula is C21H16F7N5O3S. The van der Waals surface area contributed by atoms with Crippen molar-refractivity contribution in [3.63, 3.8) is 0 Å². The Kier molecular flexibility index (Phi) is 6.89. The SMILES string of the molecule is O=S(=O)(c1ccc(OC(F)(F)F)cc1)N1CCN(c2nc(Nc3ccc(F)cc3)cc(C(F)(F)F)n2)C1. The lowest BCUT2D eigenvalue weighted by Gasteiger charge is -2.20. The molecule has 3 aromatic rings. The average Bonchev–Trinajstić information content (AvgIpc) is 3.31. The van der Waals surface area contributed by atoms with Gasteiger partial charge in [-0.25, -0.2) is 17.8 Å². The minimum Gasteiger partial charge on any atom is -0.406 e. The molecule has 0 unspecified atom stereocenters. The van der Waals surface area contributed by atoms with E-state index in [1.807, 2.05) is 0 Å². The number of aromatic nitrogens is 2. The van der Waals surface area contributed by atoms with Crippen molar-refractivity contribution in [3.05, 3.63) is 66.1 Å². The molecule has 1 aromatic heterocycles. The van der Waals surface area contributed by atoms with Gasteiger partial charge in [-0.3, -0.25) is 0 Å². The first-order valence-electron chi connectivity index (χ1n) is 10.3. The Hall–Kier alpha value is -3.66. The number of anilines is 3. The van der Waals surface area contributed by atoms with Crippen LogP contribution in [0.3, 0.4) is 0 Å². The van der Waals surface area contributed by atoms with Crippen molar-refractivity contribution in [3.8, 4) is 5.75 Å². The van der Waals surface area contributed by atoms with Gasteiger partial charge < -0.3 is 15.0 Å². The molecule has 0 bridgehead atoms. The molecule has 4 rings (SSSR count). The van der Waals surface area contributed by atoms with Gasteiger partial charge in [0.25, 0.3) is 0 Å². The highest BCUT2D eigenvalue weighted by Crippen LogP contribution is 2.32. The number of benzene rings is 2. The van der Waals surface area contributed by atoms with E-state index < -0.39 is 52.4 Å². The average molecular weight is 551 g/mol. The van der Waals surface area contributed by atoms with Crippen LogP contribution in [0.1, 0.15) is 5.69 Å². The first kappa shape index (κ1) is 26.4. The highest BCUT2D eigenvalue weighted by atomic mass is 32.2. The summed E-state index contributed by atoms with van der Waals surface area (Å²) >= 11 is 0. The molecule has 16 heteroatoms. The van der Waals surface area contributed by atoms with E-state index in [1.54, 1.807) is 0 Å². The predicted molar refractivity (Wildman–Crippen MR) is 116 cm³/mol. The Bertz CT molecular complexity index is 1370. The molecule has 0 radical (unpaired) electrons. The highest BCUT2D eigenvalue weighted by molar-refractivity contribution is 7.89. The van der Waals surface area contributed by atoms with Gasteiger partial charge in [-0.2, -0.15) is 22.5 Å². The van der Waals surface area contributed by atoms with Gasteiger partial charge in [-0.15, -0.1) is 13.2 Å². The second-order valence-electron chi connectivity index (χ2n) is 7.67. The maximum absolute atomic E-state index is 13.5. The Morgan fingerprint density at radius 1 is 0.892 bits per heavy atom. The van der Waals surface area contributed by atoms with E-state index in [-0.39, 0.29) is 29.5 Å². The van der Waals surface area contributed by atoms with Crippen LogP contribution in [0, 0.1) is 5.82 Å². The monoisotopic (exact) mass is 551 g/mol. The van der Waals surface area contributed by atoms with Gasteiger partial charge in [0.15, 0.2) is 5.69 Å². The summed E-state index contributed by atoms with van der Waals surface area (Å²) < 4.78 is 121. The molecule has 8 nitrogen and oxygen atoms in total. The van der Waals surface area contributed by atoms with Gasteiger partial charge in [0, 0.05) is 24.8 Å². The molecule has 2 aromatic carbocycles. The van der Waals surface area contributed by atoms with Gasteiger partial charge in [-0.1, -0.05) is 0 Å². The first-order chi connectivity index (χ1) is 17.2. The maximum Gasteiger partial charge on any atom is 0.573 e. The zero-order chi connectivity index (χ0) is 27.0. The number of halogens is 7.